The lowest BCUT2D eigenvalue weighted by Crippen LogP contribution is -2.31. The molecule has 6 heteroatoms. The van der Waals surface area contributed by atoms with E-state index in [2.05, 4.69) is 5.32 Å². The van der Waals surface area contributed by atoms with Gasteiger partial charge in [-0.1, -0.05) is 42.5 Å². The Morgan fingerprint density at radius 3 is 2.45 bits per heavy atom. The van der Waals surface area contributed by atoms with Gasteiger partial charge in [0, 0.05) is 11.3 Å². The molecule has 0 spiro atoms. The van der Waals surface area contributed by atoms with Crippen LogP contribution in [0.2, 0.25) is 0 Å². The van der Waals surface area contributed by atoms with Gasteiger partial charge in [0.25, 0.3) is 5.91 Å². The van der Waals surface area contributed by atoms with Gasteiger partial charge in [0.15, 0.2) is 18.5 Å². The van der Waals surface area contributed by atoms with Crippen LogP contribution in [0, 0.1) is 0 Å². The van der Waals surface area contributed by atoms with Gasteiger partial charge in [-0.25, -0.2) is 4.79 Å². The maximum Gasteiger partial charge on any atom is 0.344 e. The summed E-state index contributed by atoms with van der Waals surface area (Å²) in [5.74, 6) is -0.715. The highest BCUT2D eigenvalue weighted by molar-refractivity contribution is 5.98. The van der Waals surface area contributed by atoms with Gasteiger partial charge < -0.3 is 14.8 Å². The molecule has 0 aliphatic carbocycles. The first-order valence-corrected chi connectivity index (χ1v) is 9.15. The van der Waals surface area contributed by atoms with Crippen molar-refractivity contribution in [2.75, 3.05) is 11.9 Å². The van der Waals surface area contributed by atoms with Gasteiger partial charge in [0.05, 0.1) is 0 Å². The number of benzene rings is 3. The number of nitrogens with one attached hydrogen (secondary N) is 1. The summed E-state index contributed by atoms with van der Waals surface area (Å²) < 4.78 is 10.6. The standard InChI is InChI=1S/C23H21NO5/c1-15(25)18-8-5-9-20(12-18)24-23(27)16(2)29-22(26)14-28-21-11-10-17-6-3-4-7-19(17)13-21/h3-13,16H,14H2,1-2H3,(H,24,27)/t16-/m1/s1. The number of ketones is 1. The van der Waals surface area contributed by atoms with Crippen LogP contribution in [0.25, 0.3) is 10.8 Å². The van der Waals surface area contributed by atoms with Crippen LogP contribution in [-0.2, 0) is 14.3 Å². The molecule has 0 aliphatic rings. The van der Waals surface area contributed by atoms with Crippen LogP contribution < -0.4 is 10.1 Å². The van der Waals surface area contributed by atoms with E-state index in [1.807, 2.05) is 36.4 Å². The predicted molar refractivity (Wildman–Crippen MR) is 110 cm³/mol. The Morgan fingerprint density at radius 1 is 0.931 bits per heavy atom. The van der Waals surface area contributed by atoms with E-state index in [9.17, 15) is 14.4 Å². The SMILES string of the molecule is CC(=O)c1cccc(NC(=O)[C@@H](C)OC(=O)COc2ccc3ccccc3c2)c1. The summed E-state index contributed by atoms with van der Waals surface area (Å²) in [6, 6.07) is 19.9. The van der Waals surface area contributed by atoms with E-state index in [4.69, 9.17) is 9.47 Å². The number of amides is 1. The monoisotopic (exact) mass is 391 g/mol. The number of ether oxygens (including phenoxy) is 2. The fourth-order valence-electron chi connectivity index (χ4n) is 2.74. The molecule has 0 unspecified atom stereocenters. The number of hydrogen-bond donors (Lipinski definition) is 1. The molecule has 1 atom stereocenters. The minimum Gasteiger partial charge on any atom is -0.482 e. The number of hydrogen-bond acceptors (Lipinski definition) is 5. The Balaban J connectivity index is 1.52. The molecule has 0 saturated carbocycles. The Morgan fingerprint density at radius 2 is 1.69 bits per heavy atom. The molecule has 0 heterocycles. The zero-order valence-corrected chi connectivity index (χ0v) is 16.2. The lowest BCUT2D eigenvalue weighted by Gasteiger charge is -2.14. The van der Waals surface area contributed by atoms with Crippen molar-refractivity contribution in [1.29, 1.82) is 0 Å². The second-order valence-electron chi connectivity index (χ2n) is 6.56. The average molecular weight is 391 g/mol. The number of carbonyl (C=O) groups is 3. The second kappa shape index (κ2) is 9.01. The number of Topliss-reactive ketones (excluding diaryl/α,β-unsaturated/α-hetero) is 1. The molecular weight excluding hydrogens is 370 g/mol. The summed E-state index contributed by atoms with van der Waals surface area (Å²) in [4.78, 5) is 35.7. The third kappa shape index (κ3) is 5.42. The lowest BCUT2D eigenvalue weighted by atomic mass is 10.1. The third-order valence-electron chi connectivity index (χ3n) is 4.29. The average Bonchev–Trinajstić information content (AvgIpc) is 2.72. The van der Waals surface area contributed by atoms with E-state index < -0.39 is 18.0 Å². The topological polar surface area (TPSA) is 81.7 Å². The lowest BCUT2D eigenvalue weighted by molar-refractivity contribution is -0.155. The summed E-state index contributed by atoms with van der Waals surface area (Å²) in [6.45, 7) is 2.61. The summed E-state index contributed by atoms with van der Waals surface area (Å²) in [5.41, 5.74) is 0.939. The molecule has 29 heavy (non-hydrogen) atoms. The van der Waals surface area contributed by atoms with Gasteiger partial charge >= 0.3 is 5.97 Å². The van der Waals surface area contributed by atoms with E-state index in [-0.39, 0.29) is 12.4 Å². The van der Waals surface area contributed by atoms with Gasteiger partial charge in [-0.15, -0.1) is 0 Å². The van der Waals surface area contributed by atoms with E-state index in [0.29, 0.717) is 17.0 Å². The molecule has 148 valence electrons. The Bertz CT molecular complexity index is 1060. The number of rotatable bonds is 7. The van der Waals surface area contributed by atoms with E-state index in [1.54, 1.807) is 30.3 Å². The van der Waals surface area contributed by atoms with Crippen LogP contribution in [0.3, 0.4) is 0 Å². The van der Waals surface area contributed by atoms with Crippen LogP contribution in [0.1, 0.15) is 24.2 Å². The first kappa shape index (κ1) is 20.1. The highest BCUT2D eigenvalue weighted by atomic mass is 16.6. The minimum absolute atomic E-state index is 0.105. The normalized spacial score (nSPS) is 11.5. The van der Waals surface area contributed by atoms with E-state index >= 15 is 0 Å². The molecule has 1 amide bonds. The van der Waals surface area contributed by atoms with Gasteiger partial charge in [0.1, 0.15) is 5.75 Å². The van der Waals surface area contributed by atoms with Gasteiger partial charge in [-0.05, 0) is 48.9 Å². The smallest absolute Gasteiger partial charge is 0.344 e. The van der Waals surface area contributed by atoms with Crippen LogP contribution in [0.5, 0.6) is 5.75 Å². The summed E-state index contributed by atoms with van der Waals surface area (Å²) in [5, 5.41) is 4.70. The number of anilines is 1. The van der Waals surface area contributed by atoms with Crippen molar-refractivity contribution in [3.63, 3.8) is 0 Å². The van der Waals surface area contributed by atoms with E-state index in [1.165, 1.54) is 13.8 Å². The molecule has 0 fully saturated rings. The summed E-state index contributed by atoms with van der Waals surface area (Å²) >= 11 is 0. The van der Waals surface area contributed by atoms with Gasteiger partial charge in [-0.2, -0.15) is 0 Å². The van der Waals surface area contributed by atoms with Crippen LogP contribution in [0.15, 0.2) is 66.7 Å². The van der Waals surface area contributed by atoms with Crippen LogP contribution in [-0.4, -0.2) is 30.4 Å². The molecule has 0 saturated heterocycles. The third-order valence-corrected chi connectivity index (χ3v) is 4.29. The first-order chi connectivity index (χ1) is 13.9. The minimum atomic E-state index is -1.01. The van der Waals surface area contributed by atoms with Crippen molar-refractivity contribution in [2.24, 2.45) is 0 Å². The number of esters is 1. The molecule has 0 radical (unpaired) electrons. The Labute approximate surface area is 168 Å². The summed E-state index contributed by atoms with van der Waals surface area (Å²) in [7, 11) is 0. The highest BCUT2D eigenvalue weighted by Gasteiger charge is 2.18. The quantitative estimate of drug-likeness (QED) is 0.486. The molecule has 6 nitrogen and oxygen atoms in total. The zero-order chi connectivity index (χ0) is 20.8. The second-order valence-corrected chi connectivity index (χ2v) is 6.56. The Kier molecular flexibility index (Phi) is 6.24. The summed E-state index contributed by atoms with van der Waals surface area (Å²) in [6.07, 6.45) is -1.01. The largest absolute Gasteiger partial charge is 0.482 e. The zero-order valence-electron chi connectivity index (χ0n) is 16.2. The Hall–Kier alpha value is -3.67. The van der Waals surface area contributed by atoms with Gasteiger partial charge in [0.2, 0.25) is 0 Å². The van der Waals surface area contributed by atoms with Crippen molar-refractivity contribution in [2.45, 2.75) is 20.0 Å². The molecular formula is C23H21NO5. The number of fused-ring (bicyclic) bond motifs is 1. The molecule has 0 bridgehead atoms. The number of carbonyl (C=O) groups excluding carboxylic acids is 3. The van der Waals surface area contributed by atoms with Gasteiger partial charge in [-0.3, -0.25) is 9.59 Å². The van der Waals surface area contributed by atoms with Crippen LogP contribution >= 0.6 is 0 Å². The fraction of sp³-hybridized carbons (Fsp3) is 0.174. The van der Waals surface area contributed by atoms with Crippen molar-refractivity contribution >= 4 is 34.1 Å². The molecule has 3 aromatic rings. The van der Waals surface area contributed by atoms with Crippen LogP contribution in [0.4, 0.5) is 5.69 Å². The molecule has 0 aliphatic heterocycles. The fourth-order valence-corrected chi connectivity index (χ4v) is 2.74. The van der Waals surface area contributed by atoms with Crippen molar-refractivity contribution in [1.82, 2.24) is 0 Å². The predicted octanol–water partition coefficient (Wildman–Crippen LogP) is 3.99. The maximum atomic E-state index is 12.2. The first-order valence-electron chi connectivity index (χ1n) is 9.15. The molecule has 3 aromatic carbocycles. The molecule has 3 rings (SSSR count). The van der Waals surface area contributed by atoms with E-state index in [0.717, 1.165) is 10.8 Å². The van der Waals surface area contributed by atoms with Crippen molar-refractivity contribution < 1.29 is 23.9 Å². The maximum absolute atomic E-state index is 12.2. The molecule has 1 N–H and O–H groups in total. The van der Waals surface area contributed by atoms with Crippen molar-refractivity contribution in [3.8, 4) is 5.75 Å². The van der Waals surface area contributed by atoms with Crippen molar-refractivity contribution in [3.05, 3.63) is 72.3 Å². The highest BCUT2D eigenvalue weighted by Crippen LogP contribution is 2.20. The molecule has 0 aromatic heterocycles.